The van der Waals surface area contributed by atoms with Crippen LogP contribution in [0.5, 0.6) is 0 Å². The molecule has 0 aliphatic carbocycles. The van der Waals surface area contributed by atoms with Crippen LogP contribution in [0.25, 0.3) is 0 Å². The maximum absolute atomic E-state index is 11.9. The summed E-state index contributed by atoms with van der Waals surface area (Å²) in [6.45, 7) is 0.629. The van der Waals surface area contributed by atoms with Crippen molar-refractivity contribution in [2.45, 2.75) is 18.9 Å². The summed E-state index contributed by atoms with van der Waals surface area (Å²) < 4.78 is 32.1. The van der Waals surface area contributed by atoms with Gasteiger partial charge in [-0.1, -0.05) is 0 Å². The number of rotatable bonds is 4. The van der Waals surface area contributed by atoms with Gasteiger partial charge in [-0.3, -0.25) is 4.72 Å². The highest BCUT2D eigenvalue weighted by atomic mass is 79.9. The van der Waals surface area contributed by atoms with Crippen molar-refractivity contribution in [3.05, 3.63) is 16.7 Å². The zero-order chi connectivity index (χ0) is 13.2. The van der Waals surface area contributed by atoms with Crippen LogP contribution >= 0.6 is 15.9 Å². The van der Waals surface area contributed by atoms with E-state index in [1.165, 1.54) is 6.20 Å². The molecule has 6 nitrogen and oxygen atoms in total. The molecule has 1 aliphatic heterocycles. The van der Waals surface area contributed by atoms with Crippen molar-refractivity contribution in [1.82, 2.24) is 4.98 Å². The van der Waals surface area contributed by atoms with Crippen LogP contribution in [0, 0.1) is 0 Å². The highest BCUT2D eigenvalue weighted by Crippen LogP contribution is 2.23. The van der Waals surface area contributed by atoms with Crippen molar-refractivity contribution in [3.63, 3.8) is 0 Å². The van der Waals surface area contributed by atoms with Crippen molar-refractivity contribution < 1.29 is 13.2 Å². The Morgan fingerprint density at radius 3 is 3.00 bits per heavy atom. The Labute approximate surface area is 114 Å². The van der Waals surface area contributed by atoms with Gasteiger partial charge in [0, 0.05) is 6.61 Å². The molecule has 8 heteroatoms. The van der Waals surface area contributed by atoms with E-state index >= 15 is 0 Å². The number of nitrogens with zero attached hydrogens (tertiary/aromatic N) is 1. The van der Waals surface area contributed by atoms with Crippen LogP contribution in [0.1, 0.15) is 12.8 Å². The normalized spacial score (nSPS) is 19.9. The predicted octanol–water partition coefficient (Wildman–Crippen LogP) is 1.35. The first-order valence-corrected chi connectivity index (χ1v) is 7.94. The third-order valence-electron chi connectivity index (χ3n) is 2.54. The molecular weight excluding hydrogens is 322 g/mol. The van der Waals surface area contributed by atoms with Gasteiger partial charge in [0.25, 0.3) is 0 Å². The van der Waals surface area contributed by atoms with E-state index in [2.05, 4.69) is 25.6 Å². The van der Waals surface area contributed by atoms with E-state index in [0.29, 0.717) is 16.8 Å². The molecule has 0 aromatic carbocycles. The Bertz CT molecular complexity index is 529. The summed E-state index contributed by atoms with van der Waals surface area (Å²) in [4.78, 5) is 3.93. The first-order valence-electron chi connectivity index (χ1n) is 5.49. The quantitative estimate of drug-likeness (QED) is 0.865. The number of nitrogens with one attached hydrogen (secondary N) is 1. The van der Waals surface area contributed by atoms with Gasteiger partial charge in [0.1, 0.15) is 0 Å². The average Bonchev–Trinajstić information content (AvgIpc) is 2.74. The molecule has 2 rings (SSSR count). The number of sulfonamides is 1. The number of halogens is 1. The molecule has 1 saturated heterocycles. The van der Waals surface area contributed by atoms with Gasteiger partial charge < -0.3 is 10.5 Å². The van der Waals surface area contributed by atoms with E-state index in [9.17, 15) is 8.42 Å². The molecule has 0 radical (unpaired) electrons. The molecule has 18 heavy (non-hydrogen) atoms. The Balaban J connectivity index is 2.07. The number of nitrogen functional groups attached to an aromatic ring is 1. The van der Waals surface area contributed by atoms with E-state index in [1.54, 1.807) is 6.07 Å². The fourth-order valence-electron chi connectivity index (χ4n) is 1.74. The largest absolute Gasteiger partial charge is 0.397 e. The maximum atomic E-state index is 11.9. The lowest BCUT2D eigenvalue weighted by atomic mass is 10.3. The van der Waals surface area contributed by atoms with Crippen LogP contribution in [-0.2, 0) is 14.8 Å². The Morgan fingerprint density at radius 2 is 2.39 bits per heavy atom. The monoisotopic (exact) mass is 335 g/mol. The SMILES string of the molecule is Nc1cnc(NS(=O)(=O)CC2CCCO2)c(Br)c1. The van der Waals surface area contributed by atoms with E-state index in [1.807, 2.05) is 0 Å². The van der Waals surface area contributed by atoms with Gasteiger partial charge in [0.2, 0.25) is 10.0 Å². The molecule has 0 saturated carbocycles. The lowest BCUT2D eigenvalue weighted by Gasteiger charge is -2.12. The summed E-state index contributed by atoms with van der Waals surface area (Å²) in [6, 6.07) is 1.59. The maximum Gasteiger partial charge on any atom is 0.236 e. The van der Waals surface area contributed by atoms with Crippen LogP contribution in [0.4, 0.5) is 11.5 Å². The second kappa shape index (κ2) is 5.41. The Morgan fingerprint density at radius 1 is 1.61 bits per heavy atom. The van der Waals surface area contributed by atoms with Crippen LogP contribution in [0.3, 0.4) is 0 Å². The molecule has 1 unspecified atom stereocenters. The zero-order valence-corrected chi connectivity index (χ0v) is 12.0. The van der Waals surface area contributed by atoms with Crippen molar-refractivity contribution in [2.75, 3.05) is 22.8 Å². The van der Waals surface area contributed by atoms with E-state index < -0.39 is 10.0 Å². The second-order valence-corrected chi connectivity index (χ2v) is 6.74. The van der Waals surface area contributed by atoms with E-state index in [0.717, 1.165) is 12.8 Å². The highest BCUT2D eigenvalue weighted by Gasteiger charge is 2.24. The van der Waals surface area contributed by atoms with Crippen molar-refractivity contribution in [2.24, 2.45) is 0 Å². The number of pyridine rings is 1. The van der Waals surface area contributed by atoms with Crippen molar-refractivity contribution in [3.8, 4) is 0 Å². The Kier molecular flexibility index (Phi) is 4.08. The van der Waals surface area contributed by atoms with Crippen molar-refractivity contribution in [1.29, 1.82) is 0 Å². The predicted molar refractivity (Wildman–Crippen MR) is 72.7 cm³/mol. The summed E-state index contributed by atoms with van der Waals surface area (Å²) in [6.07, 6.45) is 2.85. The summed E-state index contributed by atoms with van der Waals surface area (Å²) >= 11 is 3.21. The molecular formula is C10H14BrN3O3S. The third kappa shape index (κ3) is 3.56. The van der Waals surface area contributed by atoms with Gasteiger partial charge in [-0.15, -0.1) is 0 Å². The minimum atomic E-state index is -3.46. The van der Waals surface area contributed by atoms with Crippen LogP contribution in [-0.4, -0.2) is 31.9 Å². The summed E-state index contributed by atoms with van der Waals surface area (Å²) in [7, 11) is -3.46. The summed E-state index contributed by atoms with van der Waals surface area (Å²) in [5.74, 6) is 0.188. The zero-order valence-electron chi connectivity index (χ0n) is 9.60. The third-order valence-corrected chi connectivity index (χ3v) is 4.46. The number of nitrogens with two attached hydrogens (primary N) is 1. The first-order chi connectivity index (χ1) is 8.46. The van der Waals surface area contributed by atoms with Gasteiger partial charge in [0.05, 0.1) is 28.2 Å². The number of hydrogen-bond acceptors (Lipinski definition) is 5. The van der Waals surface area contributed by atoms with Gasteiger partial charge in [-0.05, 0) is 34.8 Å². The molecule has 3 N–H and O–H groups in total. The Hall–Kier alpha value is -0.860. The van der Waals surface area contributed by atoms with E-state index in [-0.39, 0.29) is 17.7 Å². The van der Waals surface area contributed by atoms with Gasteiger partial charge in [-0.2, -0.15) is 0 Å². The lowest BCUT2D eigenvalue weighted by Crippen LogP contribution is -2.26. The first kappa shape index (κ1) is 13.6. The smallest absolute Gasteiger partial charge is 0.236 e. The molecule has 1 atom stereocenters. The van der Waals surface area contributed by atoms with Crippen LogP contribution in [0.2, 0.25) is 0 Å². The molecule has 0 amide bonds. The average molecular weight is 336 g/mol. The van der Waals surface area contributed by atoms with Crippen molar-refractivity contribution >= 4 is 37.5 Å². The number of ether oxygens (including phenoxy) is 1. The molecule has 0 bridgehead atoms. The molecule has 2 heterocycles. The topological polar surface area (TPSA) is 94.3 Å². The molecule has 1 aromatic heterocycles. The van der Waals surface area contributed by atoms with Gasteiger partial charge in [0.15, 0.2) is 5.82 Å². The van der Waals surface area contributed by atoms with E-state index in [4.69, 9.17) is 10.5 Å². The minimum Gasteiger partial charge on any atom is -0.397 e. The molecule has 1 aliphatic rings. The van der Waals surface area contributed by atoms with Gasteiger partial charge in [-0.25, -0.2) is 13.4 Å². The molecule has 100 valence electrons. The number of aromatic nitrogens is 1. The van der Waals surface area contributed by atoms with Gasteiger partial charge >= 0.3 is 0 Å². The molecule has 1 aromatic rings. The fourth-order valence-corrected chi connectivity index (χ4v) is 3.63. The minimum absolute atomic E-state index is 0.0501. The fraction of sp³-hybridized carbons (Fsp3) is 0.500. The number of hydrogen-bond donors (Lipinski definition) is 2. The molecule has 0 spiro atoms. The van der Waals surface area contributed by atoms with Crippen LogP contribution < -0.4 is 10.5 Å². The number of anilines is 2. The second-order valence-electron chi connectivity index (χ2n) is 4.12. The lowest BCUT2D eigenvalue weighted by molar-refractivity contribution is 0.127. The standard InChI is InChI=1S/C10H14BrN3O3S/c11-9-4-7(12)5-13-10(9)14-18(15,16)6-8-2-1-3-17-8/h4-5,8H,1-3,6,12H2,(H,13,14). The summed E-state index contributed by atoms with van der Waals surface area (Å²) in [5.41, 5.74) is 6.00. The molecule has 1 fully saturated rings. The summed E-state index contributed by atoms with van der Waals surface area (Å²) in [5, 5.41) is 0. The highest BCUT2D eigenvalue weighted by molar-refractivity contribution is 9.10. The van der Waals surface area contributed by atoms with Crippen LogP contribution in [0.15, 0.2) is 16.7 Å².